The molecule has 11 heteroatoms. The molecule has 2 saturated heterocycles. The van der Waals surface area contributed by atoms with E-state index in [0.717, 1.165) is 35.5 Å². The number of unbranched alkanes of at least 4 members (excludes halogenated alkanes) is 1. The Morgan fingerprint density at radius 3 is 2.68 bits per heavy atom. The third kappa shape index (κ3) is 8.85. The van der Waals surface area contributed by atoms with E-state index in [2.05, 4.69) is 21.9 Å². The van der Waals surface area contributed by atoms with Gasteiger partial charge in [-0.15, -0.1) is 11.3 Å². The predicted molar refractivity (Wildman–Crippen MR) is 158 cm³/mol. The number of cyclic esters (lactones) is 1. The topological polar surface area (TPSA) is 158 Å². The van der Waals surface area contributed by atoms with Crippen molar-refractivity contribution in [3.05, 3.63) is 32.1 Å². The third-order valence-electron chi connectivity index (χ3n) is 8.84. The Balaban J connectivity index is 1.85. The number of Topliss-reactive ketones (excluding diaryl/α,β-unsaturated/α-hetero) is 1. The van der Waals surface area contributed by atoms with Gasteiger partial charge in [-0.05, 0) is 69.6 Å². The van der Waals surface area contributed by atoms with E-state index in [1.165, 1.54) is 0 Å². The minimum absolute atomic E-state index is 0.0827. The summed E-state index contributed by atoms with van der Waals surface area (Å²) in [6.07, 6.45) is 3.13. The Bertz CT molecular complexity index is 1150. The summed E-state index contributed by atoms with van der Waals surface area (Å²) in [7, 11) is 0. The molecule has 2 aliphatic heterocycles. The van der Waals surface area contributed by atoms with Gasteiger partial charge in [-0.2, -0.15) is 0 Å². The molecule has 0 radical (unpaired) electrons. The fourth-order valence-corrected chi connectivity index (χ4v) is 6.33. The molecular weight excluding hydrogens is 544 g/mol. The third-order valence-corrected chi connectivity index (χ3v) is 9.63. The van der Waals surface area contributed by atoms with Crippen LogP contribution in [0.4, 0.5) is 0 Å². The summed E-state index contributed by atoms with van der Waals surface area (Å²) < 4.78 is 12.0. The Morgan fingerprint density at radius 1 is 1.29 bits per heavy atom. The molecule has 7 atom stereocenters. The Kier molecular flexibility index (Phi) is 11.5. The number of azide groups is 1. The number of aliphatic hydroxyl groups excluding tert-OH is 2. The molecule has 0 amide bonds. The smallest absolute Gasteiger partial charge is 0.309 e. The molecular formula is C30H46N4O6S. The van der Waals surface area contributed by atoms with Crippen molar-refractivity contribution in [2.75, 3.05) is 6.54 Å². The van der Waals surface area contributed by atoms with Gasteiger partial charge in [-0.1, -0.05) is 38.7 Å². The molecule has 1 aromatic heterocycles. The van der Waals surface area contributed by atoms with Gasteiger partial charge in [0.1, 0.15) is 11.9 Å². The number of aryl methyl sites for hydroxylation is 1. The lowest BCUT2D eigenvalue weighted by molar-refractivity contribution is -0.154. The number of aliphatic hydroxyl groups is 2. The van der Waals surface area contributed by atoms with Crippen LogP contribution in [0.3, 0.4) is 0 Å². The fourth-order valence-electron chi connectivity index (χ4n) is 5.75. The molecule has 41 heavy (non-hydrogen) atoms. The largest absolute Gasteiger partial charge is 0.458 e. The van der Waals surface area contributed by atoms with Crippen LogP contribution in [0.15, 0.2) is 16.1 Å². The second-order valence-corrected chi connectivity index (χ2v) is 13.6. The maximum Gasteiger partial charge on any atom is 0.309 e. The number of rotatable bonds is 7. The van der Waals surface area contributed by atoms with Crippen molar-refractivity contribution in [2.45, 2.75) is 123 Å². The number of esters is 1. The van der Waals surface area contributed by atoms with E-state index in [1.54, 1.807) is 25.2 Å². The van der Waals surface area contributed by atoms with E-state index in [4.69, 9.17) is 15.0 Å². The van der Waals surface area contributed by atoms with E-state index in [0.29, 0.717) is 32.2 Å². The highest BCUT2D eigenvalue weighted by Crippen LogP contribution is 2.45. The number of ether oxygens (including phenoxy) is 2. The predicted octanol–water partition coefficient (Wildman–Crippen LogP) is 5.94. The quantitative estimate of drug-likeness (QED) is 0.0993. The van der Waals surface area contributed by atoms with Crippen molar-refractivity contribution in [2.24, 2.45) is 22.4 Å². The van der Waals surface area contributed by atoms with Crippen LogP contribution in [-0.2, 0) is 19.1 Å². The van der Waals surface area contributed by atoms with Gasteiger partial charge in [0.25, 0.3) is 0 Å². The number of ketones is 1. The van der Waals surface area contributed by atoms with Crippen LogP contribution >= 0.6 is 11.3 Å². The van der Waals surface area contributed by atoms with E-state index in [-0.39, 0.29) is 29.8 Å². The second-order valence-electron chi connectivity index (χ2n) is 12.5. The van der Waals surface area contributed by atoms with E-state index >= 15 is 0 Å². The van der Waals surface area contributed by atoms with Gasteiger partial charge >= 0.3 is 5.97 Å². The molecule has 0 spiro atoms. The van der Waals surface area contributed by atoms with Gasteiger partial charge in [0.2, 0.25) is 0 Å². The number of hydrogen-bond donors (Lipinski definition) is 2. The molecule has 3 rings (SSSR count). The van der Waals surface area contributed by atoms with Crippen molar-refractivity contribution in [3.63, 3.8) is 0 Å². The highest BCUT2D eigenvalue weighted by molar-refractivity contribution is 7.09. The summed E-state index contributed by atoms with van der Waals surface area (Å²) in [6, 6.07) is 0. The van der Waals surface area contributed by atoms with Gasteiger partial charge in [-0.25, -0.2) is 4.98 Å². The number of aromatic nitrogens is 1. The first-order valence-corrected chi connectivity index (χ1v) is 15.6. The van der Waals surface area contributed by atoms with E-state index in [9.17, 15) is 19.8 Å². The first-order chi connectivity index (χ1) is 19.3. The summed E-state index contributed by atoms with van der Waals surface area (Å²) in [4.78, 5) is 34.3. The van der Waals surface area contributed by atoms with Crippen molar-refractivity contribution in [1.29, 1.82) is 0 Å². The van der Waals surface area contributed by atoms with Gasteiger partial charge < -0.3 is 19.7 Å². The molecule has 2 N–H and O–H groups in total. The molecule has 10 nitrogen and oxygen atoms in total. The molecule has 2 aliphatic rings. The molecule has 0 saturated carbocycles. The first-order valence-electron chi connectivity index (χ1n) is 14.7. The first kappa shape index (κ1) is 33.2. The van der Waals surface area contributed by atoms with Crippen molar-refractivity contribution < 1.29 is 29.3 Å². The zero-order valence-corrected chi connectivity index (χ0v) is 26.0. The van der Waals surface area contributed by atoms with Gasteiger partial charge in [-0.3, -0.25) is 9.59 Å². The summed E-state index contributed by atoms with van der Waals surface area (Å²) in [5.41, 5.74) is 8.55. The lowest BCUT2D eigenvalue weighted by Crippen LogP contribution is -2.46. The fraction of sp³-hybridized carbons (Fsp3) is 0.767. The highest BCUT2D eigenvalue weighted by atomic mass is 32.1. The molecule has 2 fully saturated rings. The van der Waals surface area contributed by atoms with Crippen LogP contribution in [0.1, 0.15) is 96.7 Å². The SMILES string of the molecule is C/C(=C\c1csc(C)n1)[C@@H]1C[C@@H]2O[C@]2(C)CCC[C@H](C)[C@H](O)C(CCCCN=[N+]=[N-])C(=O)C(C)(C)[C@@H](O)CC(=O)O1. The summed E-state index contributed by atoms with van der Waals surface area (Å²) in [5, 5.41) is 28.9. The minimum atomic E-state index is -1.29. The Hall–Kier alpha value is -2.30. The molecule has 3 heterocycles. The van der Waals surface area contributed by atoms with Gasteiger partial charge in [0.05, 0.1) is 46.5 Å². The maximum absolute atomic E-state index is 13.9. The van der Waals surface area contributed by atoms with Crippen LogP contribution in [0.5, 0.6) is 0 Å². The maximum atomic E-state index is 13.9. The number of nitrogens with zero attached hydrogens (tertiary/aromatic N) is 4. The van der Waals surface area contributed by atoms with Crippen LogP contribution in [-0.4, -0.2) is 63.5 Å². The van der Waals surface area contributed by atoms with Crippen molar-refractivity contribution in [1.82, 2.24) is 4.98 Å². The Labute approximate surface area is 247 Å². The normalized spacial score (nSPS) is 33.4. The zero-order chi connectivity index (χ0) is 30.4. The standard InChI is InChI=1S/C30H46N4O6S/c1-18-10-9-12-30(6)25(40-30)15-23(19(2)14-21-17-41-20(3)33-21)39-26(36)16-24(35)29(4,5)28(38)22(27(18)37)11-7-8-13-32-34-31/h14,17-18,22-25,27,35,37H,7-13,15-16H2,1-6H3/b19-14+/t18-,22?,23-,24-,25-,27-,30+/m0/s1. The average Bonchev–Trinajstić information content (AvgIpc) is 3.35. The molecule has 0 bridgehead atoms. The van der Waals surface area contributed by atoms with Crippen molar-refractivity contribution in [3.8, 4) is 0 Å². The van der Waals surface area contributed by atoms with Crippen molar-refractivity contribution >= 4 is 29.2 Å². The summed E-state index contributed by atoms with van der Waals surface area (Å²) in [6.45, 7) is 11.4. The van der Waals surface area contributed by atoms with E-state index < -0.39 is 35.6 Å². The lowest BCUT2D eigenvalue weighted by Gasteiger charge is -2.36. The van der Waals surface area contributed by atoms with Crippen LogP contribution < -0.4 is 0 Å². The number of hydrogen-bond acceptors (Lipinski definition) is 9. The number of thiazole rings is 1. The average molecular weight is 591 g/mol. The summed E-state index contributed by atoms with van der Waals surface area (Å²) >= 11 is 1.55. The minimum Gasteiger partial charge on any atom is -0.458 e. The molecule has 1 unspecified atom stereocenters. The van der Waals surface area contributed by atoms with Crippen LogP contribution in [0.2, 0.25) is 0 Å². The van der Waals surface area contributed by atoms with E-state index in [1.807, 2.05) is 32.2 Å². The lowest BCUT2D eigenvalue weighted by atomic mass is 9.71. The van der Waals surface area contributed by atoms with Crippen LogP contribution in [0.25, 0.3) is 16.5 Å². The number of fused-ring (bicyclic) bond motifs is 1. The number of carbonyl (C=O) groups is 2. The number of epoxide rings is 1. The highest BCUT2D eigenvalue weighted by Gasteiger charge is 2.53. The molecule has 0 aliphatic carbocycles. The summed E-state index contributed by atoms with van der Waals surface area (Å²) in [5.74, 6) is -1.74. The van der Waals surface area contributed by atoms with Gasteiger partial charge in [0.15, 0.2) is 0 Å². The Morgan fingerprint density at radius 2 is 2.02 bits per heavy atom. The van der Waals surface area contributed by atoms with Gasteiger partial charge in [0, 0.05) is 29.2 Å². The number of carbonyl (C=O) groups excluding carboxylic acids is 2. The van der Waals surface area contributed by atoms with Crippen LogP contribution in [0, 0.1) is 24.2 Å². The monoisotopic (exact) mass is 590 g/mol. The zero-order valence-electron chi connectivity index (χ0n) is 25.2. The molecule has 228 valence electrons. The second kappa shape index (κ2) is 14.2. The molecule has 0 aromatic carbocycles. The molecule has 1 aromatic rings.